The number of alkyl halides is 2. The summed E-state index contributed by atoms with van der Waals surface area (Å²) in [6.07, 6.45) is 7.67. The van der Waals surface area contributed by atoms with Crippen LogP contribution in [-0.4, -0.2) is 47.4 Å². The van der Waals surface area contributed by atoms with Crippen molar-refractivity contribution in [1.82, 2.24) is 14.7 Å². The maximum absolute atomic E-state index is 13.8. The molecule has 3 unspecified atom stereocenters. The molecule has 5 atom stereocenters. The summed E-state index contributed by atoms with van der Waals surface area (Å²) in [5.74, 6) is 0.866. The predicted molar refractivity (Wildman–Crippen MR) is 132 cm³/mol. The summed E-state index contributed by atoms with van der Waals surface area (Å²) in [5, 5.41) is 5.94. The summed E-state index contributed by atoms with van der Waals surface area (Å²) in [7, 11) is 1.67. The molecule has 1 fully saturated rings. The third-order valence-electron chi connectivity index (χ3n) is 7.57. The minimum absolute atomic E-state index is 0.0344. The minimum atomic E-state index is -2.41. The molecule has 34 heavy (non-hydrogen) atoms. The Balaban J connectivity index is 1.63. The molecule has 184 valence electrons. The van der Waals surface area contributed by atoms with Crippen molar-refractivity contribution in [3.63, 3.8) is 0 Å². The Hall–Kier alpha value is -1.77. The van der Waals surface area contributed by atoms with E-state index in [0.29, 0.717) is 6.42 Å². The zero-order valence-corrected chi connectivity index (χ0v) is 21.5. The number of hydrogen-bond acceptors (Lipinski definition) is 4. The molecule has 8 heteroatoms. The van der Waals surface area contributed by atoms with Crippen LogP contribution in [0.25, 0.3) is 10.9 Å². The van der Waals surface area contributed by atoms with E-state index < -0.39 is 6.43 Å². The van der Waals surface area contributed by atoms with Crippen molar-refractivity contribution < 1.29 is 18.3 Å². The number of nitrogens with zero attached hydrogens (tertiary/aromatic N) is 3. The van der Waals surface area contributed by atoms with Gasteiger partial charge in [0.15, 0.2) is 0 Å². The number of ether oxygens (including phenoxy) is 2. The van der Waals surface area contributed by atoms with Gasteiger partial charge < -0.3 is 9.47 Å². The summed E-state index contributed by atoms with van der Waals surface area (Å²) in [5.41, 5.74) is 3.24. The fourth-order valence-corrected chi connectivity index (χ4v) is 6.66. The van der Waals surface area contributed by atoms with Crippen LogP contribution < -0.4 is 0 Å². The fourth-order valence-electron chi connectivity index (χ4n) is 6.02. The molecule has 0 N–H and O–H groups in total. The minimum Gasteiger partial charge on any atom is -0.501 e. The maximum atomic E-state index is 13.8. The standard InChI is InChI=1S/C26H32BrF2N3O2/c1-15-10-17(27)12-22(33-3)25(15)26-18-7-8-21-20(13-32(30-21)24-6-4-5-9-34-24)19(18)11-16(2)31(26)14-23(28)29/h7-8,10,12-13,15-16,23-26H,4-6,9,11,14H2,1-3H3/t15?,16-,24?,25?,26+/m1/s1. The molecule has 1 saturated heterocycles. The topological polar surface area (TPSA) is 39.5 Å². The fraction of sp³-hybridized carbons (Fsp3) is 0.577. The van der Waals surface area contributed by atoms with Crippen molar-refractivity contribution in [1.29, 1.82) is 0 Å². The molecular formula is C26H32BrF2N3O2. The average Bonchev–Trinajstić information content (AvgIpc) is 3.25. The molecule has 0 spiro atoms. The molecule has 2 aromatic rings. The van der Waals surface area contributed by atoms with Crippen molar-refractivity contribution in [2.45, 2.75) is 64.3 Å². The summed E-state index contributed by atoms with van der Waals surface area (Å²) in [6.45, 7) is 4.69. The number of hydrogen-bond donors (Lipinski definition) is 0. The maximum Gasteiger partial charge on any atom is 0.251 e. The van der Waals surface area contributed by atoms with Crippen LogP contribution in [0.5, 0.6) is 0 Å². The van der Waals surface area contributed by atoms with E-state index in [1.54, 1.807) is 7.11 Å². The van der Waals surface area contributed by atoms with Crippen LogP contribution in [-0.2, 0) is 15.9 Å². The molecular weight excluding hydrogens is 504 g/mol. The summed E-state index contributed by atoms with van der Waals surface area (Å²) in [6, 6.07) is 3.88. The number of methoxy groups -OCH3 is 1. The first kappa shape index (κ1) is 23.9. The quantitative estimate of drug-likeness (QED) is 0.446. The lowest BCUT2D eigenvalue weighted by Gasteiger charge is -2.47. The van der Waals surface area contributed by atoms with E-state index in [4.69, 9.17) is 14.6 Å². The Morgan fingerprint density at radius 2 is 2.09 bits per heavy atom. The lowest BCUT2D eigenvalue weighted by molar-refractivity contribution is -0.0390. The van der Waals surface area contributed by atoms with E-state index in [1.807, 2.05) is 21.7 Å². The Morgan fingerprint density at radius 1 is 1.26 bits per heavy atom. The van der Waals surface area contributed by atoms with Gasteiger partial charge in [0.05, 0.1) is 19.2 Å². The Labute approximate surface area is 207 Å². The number of benzene rings is 1. The SMILES string of the molecule is COC1=CC(Br)=CC(C)C1[C@@H]1c2ccc3nn(C4CCCCO4)cc3c2C[C@@H](C)N1CC(F)F. The zero-order chi connectivity index (χ0) is 24.0. The van der Waals surface area contributed by atoms with Gasteiger partial charge in [0.2, 0.25) is 0 Å². The third-order valence-corrected chi connectivity index (χ3v) is 8.06. The van der Waals surface area contributed by atoms with Crippen LogP contribution in [0.15, 0.2) is 40.7 Å². The third kappa shape index (κ3) is 4.33. The molecule has 1 aliphatic carbocycles. The molecule has 3 aliphatic rings. The molecule has 0 bridgehead atoms. The van der Waals surface area contributed by atoms with Gasteiger partial charge in [0.25, 0.3) is 6.43 Å². The van der Waals surface area contributed by atoms with Gasteiger partial charge in [-0.3, -0.25) is 4.90 Å². The van der Waals surface area contributed by atoms with E-state index in [9.17, 15) is 8.78 Å². The van der Waals surface area contributed by atoms with Gasteiger partial charge in [-0.15, -0.1) is 0 Å². The number of rotatable bonds is 5. The molecule has 1 aromatic carbocycles. The predicted octanol–water partition coefficient (Wildman–Crippen LogP) is 6.36. The lowest BCUT2D eigenvalue weighted by atomic mass is 9.74. The van der Waals surface area contributed by atoms with Crippen LogP contribution in [0, 0.1) is 11.8 Å². The van der Waals surface area contributed by atoms with Crippen LogP contribution in [0.3, 0.4) is 0 Å². The normalized spacial score (nSPS) is 30.3. The van der Waals surface area contributed by atoms with Gasteiger partial charge >= 0.3 is 0 Å². The van der Waals surface area contributed by atoms with Crippen molar-refractivity contribution in [3.8, 4) is 0 Å². The van der Waals surface area contributed by atoms with Gasteiger partial charge in [0, 0.05) is 40.7 Å². The van der Waals surface area contributed by atoms with E-state index in [2.05, 4.69) is 48.1 Å². The van der Waals surface area contributed by atoms with Crippen LogP contribution in [0.4, 0.5) is 8.78 Å². The van der Waals surface area contributed by atoms with Crippen molar-refractivity contribution in [2.24, 2.45) is 11.8 Å². The van der Waals surface area contributed by atoms with Crippen molar-refractivity contribution >= 4 is 26.8 Å². The molecule has 0 saturated carbocycles. The smallest absolute Gasteiger partial charge is 0.251 e. The summed E-state index contributed by atoms with van der Waals surface area (Å²) >= 11 is 3.58. The zero-order valence-electron chi connectivity index (χ0n) is 19.9. The van der Waals surface area contributed by atoms with E-state index in [-0.39, 0.29) is 36.7 Å². The number of allylic oxidation sites excluding steroid dienone is 3. The number of aromatic nitrogens is 2. The van der Waals surface area contributed by atoms with Crippen molar-refractivity contribution in [2.75, 3.05) is 20.3 Å². The first-order valence-electron chi connectivity index (χ1n) is 12.2. The summed E-state index contributed by atoms with van der Waals surface area (Å²) < 4.78 is 42.2. The van der Waals surface area contributed by atoms with E-state index in [1.165, 1.54) is 5.56 Å². The Morgan fingerprint density at radius 3 is 2.79 bits per heavy atom. The highest BCUT2D eigenvalue weighted by molar-refractivity contribution is 9.11. The largest absolute Gasteiger partial charge is 0.501 e. The molecule has 5 nitrogen and oxygen atoms in total. The van der Waals surface area contributed by atoms with Gasteiger partial charge in [0.1, 0.15) is 12.0 Å². The molecule has 3 heterocycles. The van der Waals surface area contributed by atoms with Gasteiger partial charge in [-0.05, 0) is 61.8 Å². The molecule has 2 aliphatic heterocycles. The highest BCUT2D eigenvalue weighted by Crippen LogP contribution is 2.48. The first-order chi connectivity index (χ1) is 16.4. The molecule has 5 rings (SSSR count). The lowest BCUT2D eigenvalue weighted by Crippen LogP contribution is -2.48. The van der Waals surface area contributed by atoms with Crippen LogP contribution >= 0.6 is 15.9 Å². The number of halogens is 3. The van der Waals surface area contributed by atoms with Crippen molar-refractivity contribution in [3.05, 3.63) is 51.9 Å². The van der Waals surface area contributed by atoms with Crippen LogP contribution in [0.1, 0.15) is 56.5 Å². The molecule has 1 aromatic heterocycles. The van der Waals surface area contributed by atoms with Gasteiger partial charge in [-0.1, -0.05) is 35.0 Å². The van der Waals surface area contributed by atoms with E-state index in [0.717, 1.165) is 52.6 Å². The Kier molecular flexibility index (Phi) is 6.84. The number of fused-ring (bicyclic) bond motifs is 3. The second-order valence-corrected chi connectivity index (χ2v) is 10.7. The van der Waals surface area contributed by atoms with Crippen LogP contribution in [0.2, 0.25) is 0 Å². The first-order valence-corrected chi connectivity index (χ1v) is 13.0. The average molecular weight is 536 g/mol. The molecule has 0 radical (unpaired) electrons. The Bertz CT molecular complexity index is 1110. The molecule has 0 amide bonds. The highest BCUT2D eigenvalue weighted by atomic mass is 79.9. The summed E-state index contributed by atoms with van der Waals surface area (Å²) in [4.78, 5) is 1.98. The second kappa shape index (κ2) is 9.70. The monoisotopic (exact) mass is 535 g/mol. The highest BCUT2D eigenvalue weighted by Gasteiger charge is 2.43. The van der Waals surface area contributed by atoms with Gasteiger partial charge in [-0.25, -0.2) is 13.5 Å². The van der Waals surface area contributed by atoms with E-state index >= 15 is 0 Å². The van der Waals surface area contributed by atoms with Gasteiger partial charge in [-0.2, -0.15) is 5.10 Å². The second-order valence-electron chi connectivity index (χ2n) is 9.77.